The highest BCUT2D eigenvalue weighted by Crippen LogP contribution is 2.19. The molecule has 0 aliphatic rings. The molecule has 21 heavy (non-hydrogen) atoms. The third-order valence-corrected chi connectivity index (χ3v) is 4.26. The van der Waals surface area contributed by atoms with E-state index in [1.165, 1.54) is 12.5 Å². The van der Waals surface area contributed by atoms with E-state index in [1.807, 2.05) is 0 Å². The fraction of sp³-hybridized carbons (Fsp3) is 0.154. The summed E-state index contributed by atoms with van der Waals surface area (Å²) in [5.41, 5.74) is 0.461. The molecule has 0 unspecified atom stereocenters. The molecule has 0 spiro atoms. The van der Waals surface area contributed by atoms with E-state index in [-0.39, 0.29) is 11.6 Å². The topological polar surface area (TPSA) is 84.2 Å². The van der Waals surface area contributed by atoms with Gasteiger partial charge in [0.05, 0.1) is 11.3 Å². The Kier molecular flexibility index (Phi) is 5.18. The molecule has 1 amide bonds. The molecule has 0 aliphatic carbocycles. The number of nitrogens with one attached hydrogen (secondary N) is 1. The highest BCUT2D eigenvalue weighted by atomic mass is 127. The van der Waals surface area contributed by atoms with Crippen LogP contribution in [0.2, 0.25) is 5.02 Å². The number of nitrogens with zero attached hydrogens (tertiary/aromatic N) is 2. The number of hydrogen-bond donors (Lipinski definition) is 2. The summed E-state index contributed by atoms with van der Waals surface area (Å²) >= 11 is 8.05. The number of carbonyl (C=O) groups excluding carboxylic acids is 1. The summed E-state index contributed by atoms with van der Waals surface area (Å²) in [7, 11) is 0. The van der Waals surface area contributed by atoms with Crippen LogP contribution >= 0.6 is 34.2 Å². The quantitative estimate of drug-likeness (QED) is 0.728. The van der Waals surface area contributed by atoms with Crippen LogP contribution in [0.15, 0.2) is 30.7 Å². The molecule has 2 N–H and O–H groups in total. The van der Waals surface area contributed by atoms with Gasteiger partial charge in [0, 0.05) is 28.4 Å². The molecule has 0 radical (unpaired) electrons. The van der Waals surface area contributed by atoms with E-state index >= 15 is 0 Å². The molecule has 1 aromatic heterocycles. The number of rotatable bonds is 5. The van der Waals surface area contributed by atoms with E-state index in [0.717, 1.165) is 3.57 Å². The minimum Gasteiger partial charge on any atom is -0.476 e. The molecular weight excluding hydrogens is 409 g/mol. The molecular formula is C13H11ClIN3O3. The van der Waals surface area contributed by atoms with Crippen LogP contribution in [-0.2, 0) is 6.54 Å². The molecule has 0 aliphatic heterocycles. The molecule has 0 fully saturated rings. The van der Waals surface area contributed by atoms with Crippen molar-refractivity contribution in [2.75, 3.05) is 6.54 Å². The lowest BCUT2D eigenvalue weighted by molar-refractivity contribution is 0.0690. The van der Waals surface area contributed by atoms with Crippen LogP contribution in [0.5, 0.6) is 0 Å². The first-order valence-corrected chi connectivity index (χ1v) is 7.41. The van der Waals surface area contributed by atoms with Crippen molar-refractivity contribution in [2.45, 2.75) is 6.54 Å². The minimum absolute atomic E-state index is 0.0225. The number of carbonyl (C=O) groups is 2. The van der Waals surface area contributed by atoms with Crippen LogP contribution in [0.1, 0.15) is 20.8 Å². The van der Waals surface area contributed by atoms with Gasteiger partial charge in [0.2, 0.25) is 0 Å². The number of carboxylic acid groups (broad SMARTS) is 1. The Balaban J connectivity index is 1.88. The SMILES string of the molecule is O=C(NCCn1cnc(C(=O)O)c1)c1ccc(I)c(Cl)c1. The Bertz CT molecular complexity index is 687. The van der Waals surface area contributed by atoms with Crippen LogP contribution in [0.4, 0.5) is 0 Å². The van der Waals surface area contributed by atoms with Crippen LogP contribution in [0, 0.1) is 3.57 Å². The molecule has 0 saturated carbocycles. The second-order valence-corrected chi connectivity index (χ2v) is 5.76. The van der Waals surface area contributed by atoms with E-state index in [0.29, 0.717) is 23.7 Å². The Morgan fingerprint density at radius 3 is 2.81 bits per heavy atom. The first kappa shape index (κ1) is 15.8. The number of amides is 1. The van der Waals surface area contributed by atoms with Crippen LogP contribution < -0.4 is 5.32 Å². The highest BCUT2D eigenvalue weighted by molar-refractivity contribution is 14.1. The standard InChI is InChI=1S/C13H11ClIN3O3/c14-9-5-8(1-2-10(9)15)12(19)16-3-4-18-6-11(13(20)21)17-7-18/h1-2,5-7H,3-4H2,(H,16,19)(H,20,21). The molecule has 1 aromatic carbocycles. The lowest BCUT2D eigenvalue weighted by atomic mass is 10.2. The summed E-state index contributed by atoms with van der Waals surface area (Å²) < 4.78 is 2.48. The van der Waals surface area contributed by atoms with Gasteiger partial charge in [-0.2, -0.15) is 0 Å². The van der Waals surface area contributed by atoms with Crippen molar-refractivity contribution < 1.29 is 14.7 Å². The molecule has 6 nitrogen and oxygen atoms in total. The number of carboxylic acids is 1. The van der Waals surface area contributed by atoms with Crippen molar-refractivity contribution in [1.29, 1.82) is 0 Å². The molecule has 1 heterocycles. The van der Waals surface area contributed by atoms with Gasteiger partial charge >= 0.3 is 5.97 Å². The van der Waals surface area contributed by atoms with Gasteiger partial charge in [-0.3, -0.25) is 4.79 Å². The third kappa shape index (κ3) is 4.18. The fourth-order valence-electron chi connectivity index (χ4n) is 1.63. The maximum atomic E-state index is 11.9. The van der Waals surface area contributed by atoms with Crippen molar-refractivity contribution in [3.05, 3.63) is 50.6 Å². The summed E-state index contributed by atoms with van der Waals surface area (Å²) in [4.78, 5) is 26.3. The van der Waals surface area contributed by atoms with Gasteiger partial charge in [-0.1, -0.05) is 11.6 Å². The summed E-state index contributed by atoms with van der Waals surface area (Å²) in [6.07, 6.45) is 2.83. The van der Waals surface area contributed by atoms with E-state index in [2.05, 4.69) is 32.9 Å². The van der Waals surface area contributed by atoms with Gasteiger partial charge in [0.1, 0.15) is 0 Å². The van der Waals surface area contributed by atoms with Gasteiger partial charge in [-0.15, -0.1) is 0 Å². The number of halogens is 2. The van der Waals surface area contributed by atoms with Crippen molar-refractivity contribution in [1.82, 2.24) is 14.9 Å². The average molecular weight is 420 g/mol. The van der Waals surface area contributed by atoms with Gasteiger partial charge in [0.15, 0.2) is 5.69 Å². The normalized spacial score (nSPS) is 10.4. The molecule has 0 atom stereocenters. The minimum atomic E-state index is -1.08. The first-order chi connectivity index (χ1) is 9.97. The maximum absolute atomic E-state index is 11.9. The van der Waals surface area contributed by atoms with Crippen molar-refractivity contribution in [2.24, 2.45) is 0 Å². The van der Waals surface area contributed by atoms with Crippen LogP contribution in [0.25, 0.3) is 0 Å². The van der Waals surface area contributed by atoms with Gasteiger partial charge in [-0.25, -0.2) is 9.78 Å². The third-order valence-electron chi connectivity index (χ3n) is 2.69. The largest absolute Gasteiger partial charge is 0.476 e. The predicted molar refractivity (Wildman–Crippen MR) is 85.7 cm³/mol. The maximum Gasteiger partial charge on any atom is 0.356 e. The Labute approximate surface area is 139 Å². The smallest absolute Gasteiger partial charge is 0.356 e. The summed E-state index contributed by atoms with van der Waals surface area (Å²) in [5.74, 6) is -1.31. The van der Waals surface area contributed by atoms with Gasteiger partial charge < -0.3 is 15.0 Å². The first-order valence-electron chi connectivity index (χ1n) is 5.95. The number of imidazole rings is 1. The summed E-state index contributed by atoms with van der Waals surface area (Å²) in [5, 5.41) is 12.0. The average Bonchev–Trinajstić information content (AvgIpc) is 2.91. The Morgan fingerprint density at radius 1 is 1.43 bits per heavy atom. The monoisotopic (exact) mass is 419 g/mol. The lowest BCUT2D eigenvalue weighted by Gasteiger charge is -2.06. The molecule has 0 bridgehead atoms. The van der Waals surface area contributed by atoms with E-state index < -0.39 is 5.97 Å². The Morgan fingerprint density at radius 2 is 2.19 bits per heavy atom. The second-order valence-electron chi connectivity index (χ2n) is 4.19. The van der Waals surface area contributed by atoms with Crippen LogP contribution in [-0.4, -0.2) is 33.1 Å². The van der Waals surface area contributed by atoms with Crippen molar-refractivity contribution in [3.8, 4) is 0 Å². The number of aromatic nitrogens is 2. The van der Waals surface area contributed by atoms with Crippen LogP contribution in [0.3, 0.4) is 0 Å². The van der Waals surface area contributed by atoms with E-state index in [1.54, 1.807) is 22.8 Å². The number of benzene rings is 1. The zero-order valence-electron chi connectivity index (χ0n) is 10.7. The summed E-state index contributed by atoms with van der Waals surface area (Å²) in [6.45, 7) is 0.794. The second kappa shape index (κ2) is 6.90. The molecule has 110 valence electrons. The zero-order chi connectivity index (χ0) is 15.4. The molecule has 2 aromatic rings. The zero-order valence-corrected chi connectivity index (χ0v) is 13.6. The molecule has 0 saturated heterocycles. The van der Waals surface area contributed by atoms with E-state index in [4.69, 9.17) is 16.7 Å². The Hall–Kier alpha value is -1.61. The fourth-order valence-corrected chi connectivity index (χ4v) is 2.15. The molecule has 8 heteroatoms. The van der Waals surface area contributed by atoms with Crippen molar-refractivity contribution >= 4 is 46.1 Å². The van der Waals surface area contributed by atoms with Crippen molar-refractivity contribution in [3.63, 3.8) is 0 Å². The predicted octanol–water partition coefficient (Wildman–Crippen LogP) is 2.27. The van der Waals surface area contributed by atoms with Gasteiger partial charge in [0.25, 0.3) is 5.91 Å². The number of hydrogen-bond acceptors (Lipinski definition) is 3. The summed E-state index contributed by atoms with van der Waals surface area (Å²) in [6, 6.07) is 5.08. The lowest BCUT2D eigenvalue weighted by Crippen LogP contribution is -2.27. The van der Waals surface area contributed by atoms with E-state index in [9.17, 15) is 9.59 Å². The molecule has 2 rings (SSSR count). The van der Waals surface area contributed by atoms with Gasteiger partial charge in [-0.05, 0) is 40.8 Å². The highest BCUT2D eigenvalue weighted by Gasteiger charge is 2.08. The number of aromatic carboxylic acids is 1.